The third-order valence-corrected chi connectivity index (χ3v) is 4.27. The number of halogens is 1. The van der Waals surface area contributed by atoms with Crippen LogP contribution in [0.4, 0.5) is 11.4 Å². The van der Waals surface area contributed by atoms with Crippen LogP contribution in [0.3, 0.4) is 0 Å². The maximum absolute atomic E-state index is 11.7. The van der Waals surface area contributed by atoms with Gasteiger partial charge in [-0.3, -0.25) is 10.1 Å². The van der Waals surface area contributed by atoms with Crippen molar-refractivity contribution in [1.82, 2.24) is 0 Å². The van der Waals surface area contributed by atoms with Crippen LogP contribution in [-0.2, 0) is 4.79 Å². The van der Waals surface area contributed by atoms with E-state index in [-0.39, 0.29) is 16.4 Å². The van der Waals surface area contributed by atoms with E-state index in [4.69, 9.17) is 11.6 Å². The molecule has 1 aromatic rings. The van der Waals surface area contributed by atoms with E-state index in [0.29, 0.717) is 6.54 Å². The second-order valence-corrected chi connectivity index (χ2v) is 6.30. The number of nitrogens with zero attached hydrogens (tertiary/aromatic N) is 2. The number of carbonyl (C=O) groups is 1. The average molecular weight is 313 g/mol. The van der Waals surface area contributed by atoms with Crippen molar-refractivity contribution in [1.29, 1.82) is 0 Å². The van der Waals surface area contributed by atoms with Crippen LogP contribution in [0.2, 0.25) is 5.02 Å². The summed E-state index contributed by atoms with van der Waals surface area (Å²) in [5.41, 5.74) is -0.434. The quantitative estimate of drug-likeness (QED) is 0.683. The predicted molar refractivity (Wildman–Crippen MR) is 79.9 cm³/mol. The first-order valence-electron chi connectivity index (χ1n) is 6.68. The average Bonchev–Trinajstić information content (AvgIpc) is 2.35. The van der Waals surface area contributed by atoms with Crippen molar-refractivity contribution >= 4 is 28.9 Å². The highest BCUT2D eigenvalue weighted by Crippen LogP contribution is 2.42. The van der Waals surface area contributed by atoms with Crippen molar-refractivity contribution in [2.75, 3.05) is 11.4 Å². The Kier molecular flexibility index (Phi) is 4.09. The SMILES string of the molecule is CC1(C)CCCN(c2cccc(Cl)c2[N+](=O)[O-])C1C(=O)O. The van der Waals surface area contributed by atoms with Gasteiger partial charge in [0, 0.05) is 6.54 Å². The third kappa shape index (κ3) is 2.81. The molecule has 1 fully saturated rings. The van der Waals surface area contributed by atoms with Crippen LogP contribution in [-0.4, -0.2) is 28.6 Å². The normalized spacial score (nSPS) is 21.1. The molecule has 0 aromatic heterocycles. The summed E-state index contributed by atoms with van der Waals surface area (Å²) in [7, 11) is 0. The highest BCUT2D eigenvalue weighted by Gasteiger charge is 2.44. The van der Waals surface area contributed by atoms with E-state index in [1.807, 2.05) is 13.8 Å². The number of para-hydroxylation sites is 1. The Morgan fingerprint density at radius 2 is 2.19 bits per heavy atom. The van der Waals surface area contributed by atoms with E-state index in [0.717, 1.165) is 12.8 Å². The number of carboxylic acids is 1. The highest BCUT2D eigenvalue weighted by molar-refractivity contribution is 6.33. The van der Waals surface area contributed by atoms with Gasteiger partial charge in [-0.25, -0.2) is 4.79 Å². The van der Waals surface area contributed by atoms with Crippen molar-refractivity contribution in [2.45, 2.75) is 32.7 Å². The molecule has 1 aliphatic heterocycles. The molecule has 6 nitrogen and oxygen atoms in total. The maximum atomic E-state index is 11.7. The minimum Gasteiger partial charge on any atom is -0.480 e. The van der Waals surface area contributed by atoms with E-state index >= 15 is 0 Å². The molecule has 0 saturated carbocycles. The highest BCUT2D eigenvalue weighted by atomic mass is 35.5. The number of piperidine rings is 1. The van der Waals surface area contributed by atoms with Crippen LogP contribution >= 0.6 is 11.6 Å². The smallest absolute Gasteiger partial charge is 0.326 e. The Morgan fingerprint density at radius 3 is 2.76 bits per heavy atom. The van der Waals surface area contributed by atoms with Gasteiger partial charge in [0.05, 0.1) is 4.92 Å². The van der Waals surface area contributed by atoms with Gasteiger partial charge >= 0.3 is 11.7 Å². The van der Waals surface area contributed by atoms with Crippen LogP contribution in [0.25, 0.3) is 0 Å². The lowest BCUT2D eigenvalue weighted by Gasteiger charge is -2.44. The first kappa shape index (κ1) is 15.6. The molecule has 21 heavy (non-hydrogen) atoms. The fraction of sp³-hybridized carbons (Fsp3) is 0.500. The van der Waals surface area contributed by atoms with Crippen LogP contribution in [0.1, 0.15) is 26.7 Å². The van der Waals surface area contributed by atoms with Crippen LogP contribution in [0.15, 0.2) is 18.2 Å². The number of nitro benzene ring substituents is 1. The molecule has 1 unspecified atom stereocenters. The van der Waals surface area contributed by atoms with Gasteiger partial charge < -0.3 is 10.0 Å². The fourth-order valence-electron chi connectivity index (χ4n) is 3.04. The van der Waals surface area contributed by atoms with Gasteiger partial charge in [-0.1, -0.05) is 31.5 Å². The number of hydrogen-bond acceptors (Lipinski definition) is 4. The summed E-state index contributed by atoms with van der Waals surface area (Å²) in [4.78, 5) is 24.0. The molecule has 1 heterocycles. The molecule has 0 radical (unpaired) electrons. The van der Waals surface area contributed by atoms with Gasteiger partial charge in [0.15, 0.2) is 0 Å². The molecule has 7 heteroatoms. The lowest BCUT2D eigenvalue weighted by Crippen LogP contribution is -2.54. The zero-order valence-corrected chi connectivity index (χ0v) is 12.6. The van der Waals surface area contributed by atoms with Gasteiger partial charge in [0.1, 0.15) is 16.8 Å². The second-order valence-electron chi connectivity index (χ2n) is 5.89. The Bertz CT molecular complexity index is 588. The van der Waals surface area contributed by atoms with E-state index in [1.165, 1.54) is 6.07 Å². The summed E-state index contributed by atoms with van der Waals surface area (Å²) in [5.74, 6) is -0.978. The molecule has 0 aliphatic carbocycles. The van der Waals surface area contributed by atoms with Gasteiger partial charge in [0.2, 0.25) is 0 Å². The summed E-state index contributed by atoms with van der Waals surface area (Å²) in [6.45, 7) is 4.20. The summed E-state index contributed by atoms with van der Waals surface area (Å²) in [6.07, 6.45) is 1.54. The van der Waals surface area contributed by atoms with E-state index in [1.54, 1.807) is 17.0 Å². The molecule has 0 amide bonds. The number of anilines is 1. The van der Waals surface area contributed by atoms with Crippen molar-refractivity contribution in [2.24, 2.45) is 5.41 Å². The number of nitro groups is 1. The molecule has 2 rings (SSSR count). The van der Waals surface area contributed by atoms with Crippen LogP contribution < -0.4 is 4.90 Å². The summed E-state index contributed by atoms with van der Waals surface area (Å²) < 4.78 is 0. The molecular formula is C14H17ClN2O4. The molecule has 1 aliphatic rings. The molecule has 114 valence electrons. The Morgan fingerprint density at radius 1 is 1.52 bits per heavy atom. The molecule has 1 saturated heterocycles. The largest absolute Gasteiger partial charge is 0.480 e. The molecule has 0 spiro atoms. The monoisotopic (exact) mass is 312 g/mol. The summed E-state index contributed by atoms with van der Waals surface area (Å²) in [6, 6.07) is 3.78. The first-order chi connectivity index (χ1) is 9.75. The van der Waals surface area contributed by atoms with Gasteiger partial charge in [-0.15, -0.1) is 0 Å². The predicted octanol–water partition coefficient (Wildman–Crippen LogP) is 3.33. The second kappa shape index (κ2) is 5.52. The fourth-order valence-corrected chi connectivity index (χ4v) is 3.27. The lowest BCUT2D eigenvalue weighted by atomic mass is 9.76. The van der Waals surface area contributed by atoms with Gasteiger partial charge in [-0.05, 0) is 30.4 Å². The number of carboxylic acid groups (broad SMARTS) is 1. The van der Waals surface area contributed by atoms with Gasteiger partial charge in [0.25, 0.3) is 0 Å². The summed E-state index contributed by atoms with van der Waals surface area (Å²) in [5, 5.41) is 20.8. The minimum absolute atomic E-state index is 0.0185. The van der Waals surface area contributed by atoms with E-state index < -0.39 is 22.3 Å². The molecular weight excluding hydrogens is 296 g/mol. The van der Waals surface area contributed by atoms with Crippen molar-refractivity contribution in [3.8, 4) is 0 Å². The number of hydrogen-bond donors (Lipinski definition) is 1. The van der Waals surface area contributed by atoms with Gasteiger partial charge in [-0.2, -0.15) is 0 Å². The molecule has 1 atom stereocenters. The number of aliphatic carboxylic acids is 1. The molecule has 1 aromatic carbocycles. The van der Waals surface area contributed by atoms with Crippen molar-refractivity contribution in [3.05, 3.63) is 33.3 Å². The zero-order valence-electron chi connectivity index (χ0n) is 11.9. The topological polar surface area (TPSA) is 83.7 Å². The van der Waals surface area contributed by atoms with Crippen molar-refractivity contribution < 1.29 is 14.8 Å². The number of benzene rings is 1. The van der Waals surface area contributed by atoms with E-state index in [9.17, 15) is 20.0 Å². The number of rotatable bonds is 3. The summed E-state index contributed by atoms with van der Waals surface area (Å²) >= 11 is 5.93. The minimum atomic E-state index is -0.978. The third-order valence-electron chi connectivity index (χ3n) is 3.96. The molecule has 0 bridgehead atoms. The van der Waals surface area contributed by atoms with Crippen LogP contribution in [0, 0.1) is 15.5 Å². The Labute approximate surface area is 127 Å². The first-order valence-corrected chi connectivity index (χ1v) is 7.06. The Balaban J connectivity index is 2.56. The van der Waals surface area contributed by atoms with Crippen molar-refractivity contribution in [3.63, 3.8) is 0 Å². The zero-order chi connectivity index (χ0) is 15.8. The lowest BCUT2D eigenvalue weighted by molar-refractivity contribution is -0.384. The standard InChI is InChI=1S/C14H17ClN2O4/c1-14(2)7-4-8-16(12(14)13(18)19)10-6-3-5-9(15)11(10)17(20)21/h3,5-6,12H,4,7-8H2,1-2H3,(H,18,19). The van der Waals surface area contributed by atoms with E-state index in [2.05, 4.69) is 0 Å². The Hall–Kier alpha value is -1.82. The van der Waals surface area contributed by atoms with Crippen LogP contribution in [0.5, 0.6) is 0 Å². The molecule has 1 N–H and O–H groups in total. The maximum Gasteiger partial charge on any atom is 0.326 e.